The van der Waals surface area contributed by atoms with Crippen LogP contribution in [0, 0.1) is 11.8 Å². The Morgan fingerprint density at radius 1 is 1.37 bits per heavy atom. The van der Waals surface area contributed by atoms with E-state index in [2.05, 4.69) is 0 Å². The Labute approximate surface area is 122 Å². The summed E-state index contributed by atoms with van der Waals surface area (Å²) < 4.78 is 0. The Morgan fingerprint density at radius 3 is 2.79 bits per heavy atom. The second kappa shape index (κ2) is 4.53. The van der Waals surface area contributed by atoms with Gasteiger partial charge in [0.2, 0.25) is 0 Å². The van der Waals surface area contributed by atoms with E-state index < -0.39 is 0 Å². The van der Waals surface area contributed by atoms with Crippen molar-refractivity contribution in [3.05, 3.63) is 33.3 Å². The smallest absolute Gasteiger partial charge is 0.177 e. The summed E-state index contributed by atoms with van der Waals surface area (Å²) in [7, 11) is 0. The number of phenols is 1. The molecule has 4 heteroatoms. The van der Waals surface area contributed by atoms with Crippen molar-refractivity contribution in [2.24, 2.45) is 11.8 Å². The number of benzene rings is 1. The predicted octanol–water partition coefficient (Wildman–Crippen LogP) is 4.17. The minimum absolute atomic E-state index is 0.0166. The molecule has 0 fully saturated rings. The van der Waals surface area contributed by atoms with Crippen LogP contribution in [0.4, 0.5) is 0 Å². The van der Waals surface area contributed by atoms with Crippen LogP contribution >= 0.6 is 23.2 Å². The van der Waals surface area contributed by atoms with E-state index in [1.165, 1.54) is 0 Å². The van der Waals surface area contributed by atoms with Crippen molar-refractivity contribution in [2.75, 3.05) is 0 Å². The highest BCUT2D eigenvalue weighted by Crippen LogP contribution is 2.50. The molecular weight excluding hydrogens is 283 g/mol. The van der Waals surface area contributed by atoms with Crippen molar-refractivity contribution >= 4 is 34.6 Å². The molecule has 2 aliphatic rings. The van der Waals surface area contributed by atoms with E-state index in [0.717, 1.165) is 36.0 Å². The van der Waals surface area contributed by atoms with Gasteiger partial charge < -0.3 is 5.11 Å². The van der Waals surface area contributed by atoms with Gasteiger partial charge in [0.15, 0.2) is 5.78 Å². The summed E-state index contributed by atoms with van der Waals surface area (Å²) in [5.74, 6) is 0.411. The SMILES string of the molecule is CC[C@@H]1CC2Cc3c(ccc(O)c3Cl)C2=C(Cl)C1=O. The van der Waals surface area contributed by atoms with Crippen molar-refractivity contribution in [1.82, 2.24) is 0 Å². The van der Waals surface area contributed by atoms with Crippen LogP contribution in [-0.4, -0.2) is 10.9 Å². The zero-order valence-electron chi connectivity index (χ0n) is 10.5. The molecule has 3 rings (SSSR count). The lowest BCUT2D eigenvalue weighted by molar-refractivity contribution is -0.119. The number of rotatable bonds is 1. The van der Waals surface area contributed by atoms with Gasteiger partial charge in [-0.1, -0.05) is 36.2 Å². The van der Waals surface area contributed by atoms with Gasteiger partial charge in [-0.3, -0.25) is 4.79 Å². The standard InChI is InChI=1S/C15H14Cl2O2/c1-2-7-5-8-6-10-9(3-4-11(18)13(10)16)12(8)14(17)15(7)19/h3-4,7-8,18H,2,5-6H2,1H3/t7-,8?/m1/s1. The Hall–Kier alpha value is -0.990. The minimum Gasteiger partial charge on any atom is -0.506 e. The largest absolute Gasteiger partial charge is 0.506 e. The summed E-state index contributed by atoms with van der Waals surface area (Å²) in [6.45, 7) is 2.01. The van der Waals surface area contributed by atoms with Crippen molar-refractivity contribution in [2.45, 2.75) is 26.2 Å². The maximum Gasteiger partial charge on any atom is 0.177 e. The number of ketones is 1. The number of hydrogen-bond donors (Lipinski definition) is 1. The zero-order chi connectivity index (χ0) is 13.7. The maximum atomic E-state index is 12.2. The monoisotopic (exact) mass is 296 g/mol. The first kappa shape index (κ1) is 13.0. The van der Waals surface area contributed by atoms with Crippen LogP contribution in [0.25, 0.3) is 5.57 Å². The van der Waals surface area contributed by atoms with E-state index in [-0.39, 0.29) is 23.4 Å². The molecule has 1 aromatic rings. The van der Waals surface area contributed by atoms with Crippen molar-refractivity contribution in [3.8, 4) is 5.75 Å². The summed E-state index contributed by atoms with van der Waals surface area (Å²) in [6, 6.07) is 3.38. The van der Waals surface area contributed by atoms with E-state index in [4.69, 9.17) is 23.2 Å². The van der Waals surface area contributed by atoms with E-state index in [9.17, 15) is 9.90 Å². The van der Waals surface area contributed by atoms with Crippen molar-refractivity contribution in [1.29, 1.82) is 0 Å². The fourth-order valence-corrected chi connectivity index (χ4v) is 3.89. The summed E-state index contributed by atoms with van der Waals surface area (Å²) in [5, 5.41) is 10.4. The van der Waals surface area contributed by atoms with Gasteiger partial charge in [-0.15, -0.1) is 0 Å². The summed E-state index contributed by atoms with van der Waals surface area (Å²) >= 11 is 12.4. The summed E-state index contributed by atoms with van der Waals surface area (Å²) in [6.07, 6.45) is 2.40. The first-order valence-corrected chi connectivity index (χ1v) is 7.24. The number of hydrogen-bond acceptors (Lipinski definition) is 2. The molecule has 19 heavy (non-hydrogen) atoms. The topological polar surface area (TPSA) is 37.3 Å². The summed E-state index contributed by atoms with van der Waals surface area (Å²) in [5.41, 5.74) is 2.78. The van der Waals surface area contributed by atoms with Gasteiger partial charge in [0, 0.05) is 5.92 Å². The molecule has 0 aliphatic heterocycles. The van der Waals surface area contributed by atoms with Crippen molar-refractivity contribution < 1.29 is 9.90 Å². The first-order chi connectivity index (χ1) is 9.04. The van der Waals surface area contributed by atoms with Gasteiger partial charge in [0.25, 0.3) is 0 Å². The Balaban J connectivity index is 2.16. The molecule has 1 aromatic carbocycles. The Bertz CT molecular complexity index is 604. The highest BCUT2D eigenvalue weighted by atomic mass is 35.5. The van der Waals surface area contributed by atoms with Crippen LogP contribution < -0.4 is 0 Å². The number of carbonyl (C=O) groups excluding carboxylic acids is 1. The molecule has 0 spiro atoms. The summed E-state index contributed by atoms with van der Waals surface area (Å²) in [4.78, 5) is 12.2. The highest BCUT2D eigenvalue weighted by molar-refractivity contribution is 6.46. The third kappa shape index (κ3) is 1.81. The Morgan fingerprint density at radius 2 is 2.11 bits per heavy atom. The van der Waals surface area contributed by atoms with Crippen molar-refractivity contribution in [3.63, 3.8) is 0 Å². The molecule has 1 unspecified atom stereocenters. The number of carbonyl (C=O) groups is 1. The molecule has 2 nitrogen and oxygen atoms in total. The van der Waals surface area contributed by atoms with Crippen LogP contribution in [0.3, 0.4) is 0 Å². The third-order valence-corrected chi connectivity index (χ3v) is 5.07. The van der Waals surface area contributed by atoms with Crippen LogP contribution in [0.1, 0.15) is 30.9 Å². The average Bonchev–Trinajstić information content (AvgIpc) is 2.77. The van der Waals surface area contributed by atoms with Gasteiger partial charge in [0.05, 0.1) is 10.1 Å². The fraction of sp³-hybridized carbons (Fsp3) is 0.400. The molecule has 0 radical (unpaired) electrons. The second-order valence-corrected chi connectivity index (χ2v) is 6.01. The molecule has 100 valence electrons. The van der Waals surface area contributed by atoms with Crippen LogP contribution in [-0.2, 0) is 11.2 Å². The van der Waals surface area contributed by atoms with Crippen LogP contribution in [0.2, 0.25) is 5.02 Å². The van der Waals surface area contributed by atoms with E-state index in [1.807, 2.05) is 13.0 Å². The van der Waals surface area contributed by atoms with E-state index in [0.29, 0.717) is 10.1 Å². The lowest BCUT2D eigenvalue weighted by Gasteiger charge is -2.26. The molecule has 0 saturated carbocycles. The first-order valence-electron chi connectivity index (χ1n) is 6.49. The predicted molar refractivity (Wildman–Crippen MR) is 76.5 cm³/mol. The quantitative estimate of drug-likeness (QED) is 0.844. The lowest BCUT2D eigenvalue weighted by atomic mass is 9.79. The normalized spacial score (nSPS) is 25.5. The van der Waals surface area contributed by atoms with Gasteiger partial charge in [-0.05, 0) is 47.9 Å². The number of allylic oxidation sites excluding steroid dienone is 2. The molecule has 0 amide bonds. The molecular formula is C15H14Cl2O2. The molecule has 1 N–H and O–H groups in total. The second-order valence-electron chi connectivity index (χ2n) is 5.26. The Kier molecular flexibility index (Phi) is 3.11. The highest BCUT2D eigenvalue weighted by Gasteiger charge is 2.40. The van der Waals surface area contributed by atoms with E-state index >= 15 is 0 Å². The molecule has 2 atom stereocenters. The number of halogens is 2. The number of Topliss-reactive ketones (excluding diaryl/α,β-unsaturated/α-hetero) is 1. The number of fused-ring (bicyclic) bond motifs is 3. The fourth-order valence-electron chi connectivity index (χ4n) is 3.24. The average molecular weight is 297 g/mol. The molecule has 0 heterocycles. The zero-order valence-corrected chi connectivity index (χ0v) is 12.1. The third-order valence-electron chi connectivity index (χ3n) is 4.26. The molecule has 2 aliphatic carbocycles. The van der Waals surface area contributed by atoms with Gasteiger partial charge in [-0.25, -0.2) is 0 Å². The minimum atomic E-state index is 0.0166. The lowest BCUT2D eigenvalue weighted by Crippen LogP contribution is -2.24. The molecule has 0 saturated heterocycles. The van der Waals surface area contributed by atoms with Gasteiger partial charge in [0.1, 0.15) is 5.75 Å². The molecule has 0 aromatic heterocycles. The van der Waals surface area contributed by atoms with Gasteiger partial charge >= 0.3 is 0 Å². The van der Waals surface area contributed by atoms with Gasteiger partial charge in [-0.2, -0.15) is 0 Å². The number of aromatic hydroxyl groups is 1. The molecule has 0 bridgehead atoms. The van der Waals surface area contributed by atoms with Crippen LogP contribution in [0.5, 0.6) is 5.75 Å². The maximum absolute atomic E-state index is 12.2. The number of phenolic OH excluding ortho intramolecular Hbond substituents is 1. The van der Waals surface area contributed by atoms with Crippen LogP contribution in [0.15, 0.2) is 17.2 Å². The van der Waals surface area contributed by atoms with E-state index in [1.54, 1.807) is 6.07 Å².